The molecule has 2 heterocycles. The predicted octanol–water partition coefficient (Wildman–Crippen LogP) is 5.32. The highest BCUT2D eigenvalue weighted by Crippen LogP contribution is 2.41. The molecule has 0 radical (unpaired) electrons. The van der Waals surface area contributed by atoms with Gasteiger partial charge in [0.25, 0.3) is 0 Å². The van der Waals surface area contributed by atoms with Crippen LogP contribution in [0, 0.1) is 6.92 Å². The summed E-state index contributed by atoms with van der Waals surface area (Å²) in [5.74, 6) is -0.673. The van der Waals surface area contributed by atoms with E-state index >= 15 is 0 Å². The van der Waals surface area contributed by atoms with Gasteiger partial charge >= 0.3 is 6.36 Å². The van der Waals surface area contributed by atoms with Crippen molar-refractivity contribution in [2.45, 2.75) is 20.0 Å². The second-order valence-electron chi connectivity index (χ2n) is 7.70. The van der Waals surface area contributed by atoms with Crippen molar-refractivity contribution in [3.63, 3.8) is 0 Å². The zero-order valence-corrected chi connectivity index (χ0v) is 19.0. The molecule has 0 atom stereocenters. The molecule has 1 fully saturated rings. The van der Waals surface area contributed by atoms with Crippen LogP contribution in [0.4, 0.5) is 24.5 Å². The van der Waals surface area contributed by atoms with Crippen LogP contribution in [-0.4, -0.2) is 52.4 Å². The summed E-state index contributed by atoms with van der Waals surface area (Å²) < 4.78 is 49.2. The van der Waals surface area contributed by atoms with Crippen LogP contribution in [-0.2, 0) is 11.4 Å². The number of hydrogen-bond donors (Lipinski definition) is 2. The van der Waals surface area contributed by atoms with Gasteiger partial charge in [-0.2, -0.15) is 0 Å². The molecule has 8 nitrogen and oxygen atoms in total. The van der Waals surface area contributed by atoms with Gasteiger partial charge < -0.3 is 19.9 Å². The van der Waals surface area contributed by atoms with Crippen LogP contribution in [0.3, 0.4) is 0 Å². The Bertz CT molecular complexity index is 1210. The quantitative estimate of drug-likeness (QED) is 0.370. The maximum absolute atomic E-state index is 12.8. The summed E-state index contributed by atoms with van der Waals surface area (Å²) in [6, 6.07) is 11.2. The fourth-order valence-corrected chi connectivity index (χ4v) is 3.72. The fourth-order valence-electron chi connectivity index (χ4n) is 3.56. The van der Waals surface area contributed by atoms with Gasteiger partial charge in [0.05, 0.1) is 25.4 Å². The summed E-state index contributed by atoms with van der Waals surface area (Å²) in [6.07, 6.45) is -4.85. The number of nitrogens with one attached hydrogen (secondary N) is 1. The molecule has 4 rings (SSSR count). The van der Waals surface area contributed by atoms with Crippen molar-refractivity contribution in [2.75, 3.05) is 31.6 Å². The van der Waals surface area contributed by atoms with Gasteiger partial charge in [-0.25, -0.2) is 0 Å². The number of hydrogen-bond acceptors (Lipinski definition) is 6. The van der Waals surface area contributed by atoms with E-state index in [1.54, 1.807) is 4.57 Å². The van der Waals surface area contributed by atoms with Crippen molar-refractivity contribution in [3.8, 4) is 11.6 Å². The minimum atomic E-state index is -4.85. The number of benzene rings is 2. The summed E-state index contributed by atoms with van der Waals surface area (Å²) in [5, 5.41) is 22.1. The van der Waals surface area contributed by atoms with Crippen molar-refractivity contribution in [2.24, 2.45) is 10.2 Å². The van der Waals surface area contributed by atoms with Crippen LogP contribution < -0.4 is 10.1 Å². The molecular weight excluding hydrogens is 471 g/mol. The zero-order chi connectivity index (χ0) is 24.3. The molecule has 0 amide bonds. The molecule has 1 aliphatic rings. The average molecular weight is 494 g/mol. The molecule has 2 N–H and O–H groups in total. The van der Waals surface area contributed by atoms with E-state index in [2.05, 4.69) is 20.3 Å². The number of aromatic hydroxyl groups is 1. The van der Waals surface area contributed by atoms with Crippen molar-refractivity contribution in [3.05, 3.63) is 48.0 Å². The van der Waals surface area contributed by atoms with E-state index < -0.39 is 12.1 Å². The number of thiocarbonyl (C=S) groups is 1. The van der Waals surface area contributed by atoms with Gasteiger partial charge in [-0.3, -0.25) is 9.47 Å². The lowest BCUT2D eigenvalue weighted by atomic mass is 10.2. The number of fused-ring (bicyclic) bond motifs is 1. The fraction of sp³-hybridized carbons (Fsp3) is 0.318. The van der Waals surface area contributed by atoms with Gasteiger partial charge in [0, 0.05) is 24.2 Å². The maximum Gasteiger partial charge on any atom is 0.573 e. The molecule has 0 spiro atoms. The molecule has 0 unspecified atom stereocenters. The Labute approximate surface area is 198 Å². The van der Waals surface area contributed by atoms with Crippen LogP contribution in [0.2, 0.25) is 0 Å². The highest BCUT2D eigenvalue weighted by Gasteiger charge is 2.31. The largest absolute Gasteiger partial charge is 0.573 e. The standard InChI is InChI=1S/C22H22F3N5O3S/c1-14-2-4-15(5-3-14)26-21(34)28-27-19-17-12-16(33-22(23,24)25)6-7-18(17)30(20(19)31)13-29-8-10-32-11-9-29/h2-7,12,31H,8-11,13H2,1H3,(H,26,34). The molecule has 1 aliphatic heterocycles. The first-order chi connectivity index (χ1) is 16.2. The molecular formula is C22H22F3N5O3S. The minimum Gasteiger partial charge on any atom is -0.493 e. The molecule has 3 aromatic rings. The van der Waals surface area contributed by atoms with Crippen molar-refractivity contribution in [1.29, 1.82) is 0 Å². The summed E-state index contributed by atoms with van der Waals surface area (Å²) in [5.41, 5.74) is 2.25. The number of alkyl halides is 3. The van der Waals surface area contributed by atoms with Crippen molar-refractivity contribution < 1.29 is 27.8 Å². The number of anilines is 1. The Hall–Kier alpha value is -3.22. The Balaban J connectivity index is 1.66. The zero-order valence-electron chi connectivity index (χ0n) is 18.2. The van der Waals surface area contributed by atoms with E-state index in [0.717, 1.165) is 5.56 Å². The summed E-state index contributed by atoms with van der Waals surface area (Å²) in [7, 11) is 0. The first kappa shape index (κ1) is 23.9. The summed E-state index contributed by atoms with van der Waals surface area (Å²) in [6.45, 7) is 4.65. The lowest BCUT2D eigenvalue weighted by Crippen LogP contribution is -2.37. The van der Waals surface area contributed by atoms with E-state index in [9.17, 15) is 18.3 Å². The number of nitrogens with zero attached hydrogens (tertiary/aromatic N) is 4. The molecule has 0 bridgehead atoms. The molecule has 0 saturated carbocycles. The number of morpholine rings is 1. The average Bonchev–Trinajstić information content (AvgIpc) is 3.04. The van der Waals surface area contributed by atoms with E-state index in [4.69, 9.17) is 17.0 Å². The third-order valence-corrected chi connectivity index (χ3v) is 5.39. The summed E-state index contributed by atoms with van der Waals surface area (Å²) in [4.78, 5) is 2.05. The molecule has 180 valence electrons. The number of halogens is 3. The normalized spacial score (nSPS) is 15.2. The lowest BCUT2D eigenvalue weighted by Gasteiger charge is -2.27. The Morgan fingerprint density at radius 1 is 1.18 bits per heavy atom. The first-order valence-electron chi connectivity index (χ1n) is 10.4. The monoisotopic (exact) mass is 493 g/mol. The van der Waals surface area contributed by atoms with Crippen LogP contribution in [0.25, 0.3) is 10.9 Å². The second-order valence-corrected chi connectivity index (χ2v) is 8.08. The lowest BCUT2D eigenvalue weighted by molar-refractivity contribution is -0.274. The van der Waals surface area contributed by atoms with Gasteiger partial charge in [0.1, 0.15) is 5.75 Å². The topological polar surface area (TPSA) is 83.6 Å². The van der Waals surface area contributed by atoms with E-state index in [-0.39, 0.29) is 22.1 Å². The van der Waals surface area contributed by atoms with Gasteiger partial charge in [-0.15, -0.1) is 23.4 Å². The number of aryl methyl sites for hydroxylation is 1. The van der Waals surface area contributed by atoms with Gasteiger partial charge in [0.15, 0.2) is 5.69 Å². The number of aromatic nitrogens is 1. The third kappa shape index (κ3) is 5.82. The van der Waals surface area contributed by atoms with Crippen LogP contribution in [0.5, 0.6) is 11.6 Å². The van der Waals surface area contributed by atoms with Crippen LogP contribution in [0.1, 0.15) is 5.56 Å². The van der Waals surface area contributed by atoms with Gasteiger partial charge in [-0.1, -0.05) is 17.7 Å². The van der Waals surface area contributed by atoms with Gasteiger partial charge in [0.2, 0.25) is 11.0 Å². The van der Waals surface area contributed by atoms with E-state index in [1.165, 1.54) is 18.2 Å². The minimum absolute atomic E-state index is 0.0102. The number of azo groups is 1. The number of rotatable bonds is 5. The smallest absolute Gasteiger partial charge is 0.493 e. The molecule has 1 saturated heterocycles. The van der Waals surface area contributed by atoms with Gasteiger partial charge in [-0.05, 0) is 49.5 Å². The highest BCUT2D eigenvalue weighted by atomic mass is 32.1. The predicted molar refractivity (Wildman–Crippen MR) is 125 cm³/mol. The van der Waals surface area contributed by atoms with E-state index in [1.807, 2.05) is 36.1 Å². The number of ether oxygens (including phenoxy) is 2. The van der Waals surface area contributed by atoms with Crippen molar-refractivity contribution in [1.82, 2.24) is 9.47 Å². The maximum atomic E-state index is 12.8. The van der Waals surface area contributed by atoms with E-state index in [0.29, 0.717) is 44.2 Å². The molecule has 2 aromatic carbocycles. The Morgan fingerprint density at radius 2 is 1.88 bits per heavy atom. The first-order valence-corrected chi connectivity index (χ1v) is 10.8. The highest BCUT2D eigenvalue weighted by molar-refractivity contribution is 7.80. The third-order valence-electron chi connectivity index (χ3n) is 5.20. The van der Waals surface area contributed by atoms with Crippen LogP contribution >= 0.6 is 12.2 Å². The Morgan fingerprint density at radius 3 is 2.56 bits per heavy atom. The molecule has 34 heavy (non-hydrogen) atoms. The molecule has 1 aromatic heterocycles. The SMILES string of the molecule is Cc1ccc(NC(=S)N=Nc2c(O)n(CN3CCOCC3)c3ccc(OC(F)(F)F)cc23)cc1. The Kier molecular flexibility index (Phi) is 7.00. The molecule has 12 heteroatoms. The van der Waals surface area contributed by atoms with Crippen molar-refractivity contribution >= 4 is 39.6 Å². The molecule has 0 aliphatic carbocycles. The summed E-state index contributed by atoms with van der Waals surface area (Å²) >= 11 is 5.21. The van der Waals surface area contributed by atoms with Crippen LogP contribution in [0.15, 0.2) is 52.7 Å². The second kappa shape index (κ2) is 9.95.